The number of nitriles is 1. The van der Waals surface area contributed by atoms with Crippen LogP contribution in [0.1, 0.15) is 12.0 Å². The van der Waals surface area contributed by atoms with Crippen molar-refractivity contribution < 1.29 is 9.47 Å². The molecule has 0 spiro atoms. The second kappa shape index (κ2) is 5.13. The molecule has 0 amide bonds. The summed E-state index contributed by atoms with van der Waals surface area (Å²) in [5.74, 6) is 0. The lowest BCUT2D eigenvalue weighted by molar-refractivity contribution is -0.00620. The summed E-state index contributed by atoms with van der Waals surface area (Å²) in [4.78, 5) is 4.00. The van der Waals surface area contributed by atoms with Gasteiger partial charge in [0, 0.05) is 32.9 Å². The van der Waals surface area contributed by atoms with Gasteiger partial charge in [0.15, 0.2) is 0 Å². The highest BCUT2D eigenvalue weighted by Crippen LogP contribution is 2.23. The summed E-state index contributed by atoms with van der Waals surface area (Å²) in [6, 6.07) is 3.81. The molecule has 1 N–H and O–H groups in total. The molecule has 5 nitrogen and oxygen atoms in total. The number of ether oxygens (including phenoxy) is 2. The zero-order valence-electron chi connectivity index (χ0n) is 9.77. The molecule has 2 heterocycles. The van der Waals surface area contributed by atoms with Gasteiger partial charge in [-0.1, -0.05) is 0 Å². The number of nitrogens with zero attached hydrogens (tertiary/aromatic N) is 2. The second-order valence-electron chi connectivity index (χ2n) is 4.08. The van der Waals surface area contributed by atoms with Crippen molar-refractivity contribution in [1.82, 2.24) is 4.98 Å². The van der Waals surface area contributed by atoms with Gasteiger partial charge in [0.2, 0.25) is 0 Å². The zero-order valence-corrected chi connectivity index (χ0v) is 9.77. The first kappa shape index (κ1) is 11.8. The molecule has 1 saturated heterocycles. The summed E-state index contributed by atoms with van der Waals surface area (Å²) >= 11 is 0. The van der Waals surface area contributed by atoms with Crippen molar-refractivity contribution in [3.63, 3.8) is 0 Å². The standard InChI is InChI=1S/C12H15N3O2/c1-16-12(3-5-17-9-12)8-15-11-7-14-4-2-10(11)6-13/h2,4,7,15H,3,5,8-9H2,1H3. The van der Waals surface area contributed by atoms with E-state index in [2.05, 4.69) is 16.4 Å². The number of aromatic nitrogens is 1. The quantitative estimate of drug-likeness (QED) is 0.845. The minimum atomic E-state index is -0.289. The molecule has 0 aromatic carbocycles. The minimum absolute atomic E-state index is 0.289. The van der Waals surface area contributed by atoms with E-state index in [1.165, 1.54) is 0 Å². The first-order valence-corrected chi connectivity index (χ1v) is 5.50. The molecular weight excluding hydrogens is 218 g/mol. The van der Waals surface area contributed by atoms with E-state index in [4.69, 9.17) is 14.7 Å². The summed E-state index contributed by atoms with van der Waals surface area (Å²) < 4.78 is 10.9. The lowest BCUT2D eigenvalue weighted by Gasteiger charge is -2.26. The van der Waals surface area contributed by atoms with Gasteiger partial charge in [0.25, 0.3) is 0 Å². The normalized spacial score (nSPS) is 23.3. The van der Waals surface area contributed by atoms with Crippen LogP contribution >= 0.6 is 0 Å². The van der Waals surface area contributed by atoms with Crippen molar-refractivity contribution in [2.75, 3.05) is 32.2 Å². The molecule has 1 aliphatic rings. The van der Waals surface area contributed by atoms with Gasteiger partial charge in [-0.05, 0) is 6.07 Å². The number of hydrogen-bond acceptors (Lipinski definition) is 5. The molecule has 1 unspecified atom stereocenters. The van der Waals surface area contributed by atoms with Crippen LogP contribution in [0.4, 0.5) is 5.69 Å². The van der Waals surface area contributed by atoms with Crippen LogP contribution in [0.3, 0.4) is 0 Å². The maximum absolute atomic E-state index is 8.96. The predicted molar refractivity (Wildman–Crippen MR) is 62.6 cm³/mol. The van der Waals surface area contributed by atoms with E-state index in [-0.39, 0.29) is 5.60 Å². The van der Waals surface area contributed by atoms with Crippen molar-refractivity contribution in [3.05, 3.63) is 24.0 Å². The van der Waals surface area contributed by atoms with Crippen LogP contribution in [0.2, 0.25) is 0 Å². The number of nitrogens with one attached hydrogen (secondary N) is 1. The number of pyridine rings is 1. The largest absolute Gasteiger partial charge is 0.380 e. The Morgan fingerprint density at radius 2 is 2.59 bits per heavy atom. The molecule has 90 valence electrons. The van der Waals surface area contributed by atoms with E-state index in [0.29, 0.717) is 25.3 Å². The fourth-order valence-corrected chi connectivity index (χ4v) is 1.85. The van der Waals surface area contributed by atoms with Crippen LogP contribution in [0, 0.1) is 11.3 Å². The van der Waals surface area contributed by atoms with E-state index in [1.807, 2.05) is 0 Å². The number of anilines is 1. The second-order valence-corrected chi connectivity index (χ2v) is 4.08. The highest BCUT2D eigenvalue weighted by molar-refractivity contribution is 5.55. The molecule has 0 bridgehead atoms. The third-order valence-electron chi connectivity index (χ3n) is 3.04. The van der Waals surface area contributed by atoms with Crippen LogP contribution in [0.5, 0.6) is 0 Å². The Labute approximate surface area is 100 Å². The highest BCUT2D eigenvalue weighted by atomic mass is 16.5. The molecule has 1 aromatic rings. The first-order chi connectivity index (χ1) is 8.29. The molecule has 1 fully saturated rings. The maximum Gasteiger partial charge on any atom is 0.110 e. The van der Waals surface area contributed by atoms with Crippen molar-refractivity contribution in [3.8, 4) is 6.07 Å². The third kappa shape index (κ3) is 2.54. The van der Waals surface area contributed by atoms with E-state index >= 15 is 0 Å². The average Bonchev–Trinajstić information content (AvgIpc) is 2.86. The molecule has 1 atom stereocenters. The first-order valence-electron chi connectivity index (χ1n) is 5.50. The summed E-state index contributed by atoms with van der Waals surface area (Å²) in [7, 11) is 1.69. The van der Waals surface area contributed by atoms with Crippen molar-refractivity contribution in [2.24, 2.45) is 0 Å². The van der Waals surface area contributed by atoms with E-state index in [9.17, 15) is 0 Å². The Balaban J connectivity index is 2.04. The molecule has 0 aliphatic carbocycles. The molecule has 1 aliphatic heterocycles. The van der Waals surface area contributed by atoms with Gasteiger partial charge >= 0.3 is 0 Å². The Hall–Kier alpha value is -1.64. The average molecular weight is 233 g/mol. The fraction of sp³-hybridized carbons (Fsp3) is 0.500. The molecule has 0 saturated carbocycles. The summed E-state index contributed by atoms with van der Waals surface area (Å²) in [6.07, 6.45) is 4.12. The fourth-order valence-electron chi connectivity index (χ4n) is 1.85. The van der Waals surface area contributed by atoms with Crippen LogP contribution in [0.15, 0.2) is 18.5 Å². The molecule has 0 radical (unpaired) electrons. The van der Waals surface area contributed by atoms with Gasteiger partial charge in [-0.15, -0.1) is 0 Å². The lowest BCUT2D eigenvalue weighted by atomic mass is 10.0. The number of rotatable bonds is 4. The van der Waals surface area contributed by atoms with Crippen molar-refractivity contribution >= 4 is 5.69 Å². The molecule has 2 rings (SSSR count). The Kier molecular flexibility index (Phi) is 3.57. The van der Waals surface area contributed by atoms with Crippen LogP contribution < -0.4 is 5.32 Å². The van der Waals surface area contributed by atoms with Crippen molar-refractivity contribution in [2.45, 2.75) is 12.0 Å². The van der Waals surface area contributed by atoms with E-state index in [1.54, 1.807) is 25.6 Å². The monoisotopic (exact) mass is 233 g/mol. The highest BCUT2D eigenvalue weighted by Gasteiger charge is 2.34. The van der Waals surface area contributed by atoms with Crippen molar-refractivity contribution in [1.29, 1.82) is 5.26 Å². The molecule has 1 aromatic heterocycles. The lowest BCUT2D eigenvalue weighted by Crippen LogP contribution is -2.39. The SMILES string of the molecule is COC1(CNc2cnccc2C#N)CCOC1. The summed E-state index contributed by atoms with van der Waals surface area (Å²) in [5, 5.41) is 12.2. The number of methoxy groups -OCH3 is 1. The molecule has 17 heavy (non-hydrogen) atoms. The van der Waals surface area contributed by atoms with Crippen LogP contribution in [0.25, 0.3) is 0 Å². The third-order valence-corrected chi connectivity index (χ3v) is 3.04. The van der Waals surface area contributed by atoms with Gasteiger partial charge in [-0.3, -0.25) is 4.98 Å². The topological polar surface area (TPSA) is 67.2 Å². The zero-order chi connectivity index (χ0) is 12.1. The van der Waals surface area contributed by atoms with Gasteiger partial charge in [0.1, 0.15) is 11.7 Å². The maximum atomic E-state index is 8.96. The van der Waals surface area contributed by atoms with Gasteiger partial charge in [-0.2, -0.15) is 5.26 Å². The predicted octanol–water partition coefficient (Wildman–Crippen LogP) is 1.17. The Morgan fingerprint density at radius 3 is 3.24 bits per heavy atom. The summed E-state index contributed by atoms with van der Waals surface area (Å²) in [6.45, 7) is 1.91. The molecular formula is C12H15N3O2. The van der Waals surface area contributed by atoms with Crippen LogP contribution in [-0.4, -0.2) is 37.5 Å². The molecule has 5 heteroatoms. The number of hydrogen-bond donors (Lipinski definition) is 1. The van der Waals surface area contributed by atoms with Gasteiger partial charge < -0.3 is 14.8 Å². The van der Waals surface area contributed by atoms with Crippen LogP contribution in [-0.2, 0) is 9.47 Å². The van der Waals surface area contributed by atoms with E-state index in [0.717, 1.165) is 12.1 Å². The van der Waals surface area contributed by atoms with Gasteiger partial charge in [0.05, 0.1) is 24.1 Å². The van der Waals surface area contributed by atoms with Gasteiger partial charge in [-0.25, -0.2) is 0 Å². The smallest absolute Gasteiger partial charge is 0.110 e. The van der Waals surface area contributed by atoms with E-state index < -0.39 is 0 Å². The summed E-state index contributed by atoms with van der Waals surface area (Å²) in [5.41, 5.74) is 1.03. The Bertz CT molecular complexity index is 422. The Morgan fingerprint density at radius 1 is 1.71 bits per heavy atom. The minimum Gasteiger partial charge on any atom is -0.380 e.